The van der Waals surface area contributed by atoms with Crippen LogP contribution in [0.3, 0.4) is 0 Å². The van der Waals surface area contributed by atoms with E-state index in [4.69, 9.17) is 9.15 Å². The Morgan fingerprint density at radius 1 is 1.03 bits per heavy atom. The summed E-state index contributed by atoms with van der Waals surface area (Å²) in [4.78, 5) is 14.2. The Morgan fingerprint density at radius 2 is 1.87 bits per heavy atom. The molecule has 1 saturated heterocycles. The third-order valence-electron chi connectivity index (χ3n) is 6.04. The van der Waals surface area contributed by atoms with Gasteiger partial charge in [0.25, 0.3) is 0 Å². The zero-order valence-corrected chi connectivity index (χ0v) is 17.5. The van der Waals surface area contributed by atoms with Crippen LogP contribution in [-0.4, -0.2) is 38.3 Å². The number of hydrogen-bond acceptors (Lipinski definition) is 3. The smallest absolute Gasteiger partial charge is 0.224 e. The molecule has 0 spiro atoms. The number of nitrogens with one attached hydrogen (secondary N) is 2. The number of quaternary nitrogens is 1. The molecule has 0 bridgehead atoms. The highest BCUT2D eigenvalue weighted by atomic mass is 16.5. The number of hydrogen-bond donors (Lipinski definition) is 2. The maximum absolute atomic E-state index is 12.7. The first kappa shape index (κ1) is 19.8. The van der Waals surface area contributed by atoms with Gasteiger partial charge in [-0.1, -0.05) is 60.7 Å². The van der Waals surface area contributed by atoms with Gasteiger partial charge in [-0.05, 0) is 16.8 Å². The van der Waals surface area contributed by atoms with E-state index in [2.05, 4.69) is 47.8 Å². The van der Waals surface area contributed by atoms with Crippen LogP contribution in [-0.2, 0) is 22.5 Å². The highest BCUT2D eigenvalue weighted by Gasteiger charge is 2.24. The lowest BCUT2D eigenvalue weighted by molar-refractivity contribution is -0.925. The quantitative estimate of drug-likeness (QED) is 0.509. The van der Waals surface area contributed by atoms with E-state index in [1.54, 1.807) is 6.26 Å². The molecule has 4 aromatic rings. The summed E-state index contributed by atoms with van der Waals surface area (Å²) in [6.45, 7) is 4.14. The Kier molecular flexibility index (Phi) is 5.69. The van der Waals surface area contributed by atoms with Gasteiger partial charge in [0.15, 0.2) is 0 Å². The maximum Gasteiger partial charge on any atom is 0.224 e. The third-order valence-corrected chi connectivity index (χ3v) is 6.04. The van der Waals surface area contributed by atoms with E-state index in [1.807, 2.05) is 24.3 Å². The van der Waals surface area contributed by atoms with Crippen molar-refractivity contribution in [2.24, 2.45) is 0 Å². The topological polar surface area (TPSA) is 55.9 Å². The first-order valence-corrected chi connectivity index (χ1v) is 10.9. The number of fused-ring (bicyclic) bond motifs is 3. The van der Waals surface area contributed by atoms with E-state index in [0.29, 0.717) is 13.0 Å². The zero-order valence-electron chi connectivity index (χ0n) is 17.5. The van der Waals surface area contributed by atoms with Crippen LogP contribution < -0.4 is 10.2 Å². The molecule has 1 unspecified atom stereocenters. The molecule has 31 heavy (non-hydrogen) atoms. The van der Waals surface area contributed by atoms with E-state index < -0.39 is 0 Å². The number of carbonyl (C=O) groups excluding carboxylic acids is 1. The summed E-state index contributed by atoms with van der Waals surface area (Å²) < 4.78 is 11.6. The average Bonchev–Trinajstić information content (AvgIpc) is 3.22. The fraction of sp³-hybridized carbons (Fsp3) is 0.269. The van der Waals surface area contributed by atoms with Crippen molar-refractivity contribution in [1.29, 1.82) is 0 Å². The molecule has 1 fully saturated rings. The van der Waals surface area contributed by atoms with Crippen LogP contribution >= 0.6 is 0 Å². The third kappa shape index (κ3) is 4.48. The molecule has 5 nitrogen and oxygen atoms in total. The molecule has 0 radical (unpaired) electrons. The number of benzene rings is 3. The molecular formula is C26H27N2O3+. The predicted molar refractivity (Wildman–Crippen MR) is 121 cm³/mol. The Bertz CT molecular complexity index is 1190. The number of rotatable bonds is 6. The van der Waals surface area contributed by atoms with Crippen molar-refractivity contribution in [2.75, 3.05) is 26.2 Å². The van der Waals surface area contributed by atoms with Gasteiger partial charge in [-0.3, -0.25) is 4.79 Å². The first-order valence-electron chi connectivity index (χ1n) is 10.9. The fourth-order valence-electron chi connectivity index (χ4n) is 4.50. The van der Waals surface area contributed by atoms with Gasteiger partial charge < -0.3 is 19.4 Å². The summed E-state index contributed by atoms with van der Waals surface area (Å²) in [6, 6.07) is 22.7. The Hall–Kier alpha value is -3.15. The summed E-state index contributed by atoms with van der Waals surface area (Å²) in [5.41, 5.74) is 3.07. The molecule has 0 saturated carbocycles. The zero-order chi connectivity index (χ0) is 21.0. The molecule has 158 valence electrons. The minimum atomic E-state index is -0.00517. The molecule has 5 rings (SSSR count). The van der Waals surface area contributed by atoms with Crippen LogP contribution in [0, 0.1) is 0 Å². The second kappa shape index (κ2) is 8.92. The summed E-state index contributed by atoms with van der Waals surface area (Å²) in [6.07, 6.45) is 2.05. The van der Waals surface area contributed by atoms with E-state index in [0.717, 1.165) is 53.5 Å². The van der Waals surface area contributed by atoms with Crippen molar-refractivity contribution in [1.82, 2.24) is 5.32 Å². The van der Waals surface area contributed by atoms with Crippen molar-refractivity contribution in [2.45, 2.75) is 19.1 Å². The van der Waals surface area contributed by atoms with Crippen molar-refractivity contribution in [3.8, 4) is 0 Å². The monoisotopic (exact) mass is 415 g/mol. The molecule has 2 heterocycles. The predicted octanol–water partition coefficient (Wildman–Crippen LogP) is 2.73. The highest BCUT2D eigenvalue weighted by Crippen LogP contribution is 2.30. The van der Waals surface area contributed by atoms with Crippen LogP contribution in [0.5, 0.6) is 0 Å². The second-order valence-electron chi connectivity index (χ2n) is 8.26. The van der Waals surface area contributed by atoms with E-state index >= 15 is 0 Å². The number of morpholine rings is 1. The number of ether oxygens (including phenoxy) is 1. The van der Waals surface area contributed by atoms with Crippen molar-refractivity contribution < 1.29 is 18.8 Å². The van der Waals surface area contributed by atoms with E-state index in [-0.39, 0.29) is 12.0 Å². The normalized spacial score (nSPS) is 19.0. The fourth-order valence-corrected chi connectivity index (χ4v) is 4.50. The molecule has 0 aliphatic carbocycles. The van der Waals surface area contributed by atoms with Gasteiger partial charge >= 0.3 is 0 Å². The summed E-state index contributed by atoms with van der Waals surface area (Å²) in [5, 5.41) is 6.36. The van der Waals surface area contributed by atoms with Gasteiger partial charge in [0, 0.05) is 23.1 Å². The minimum absolute atomic E-state index is 0.00517. The number of amides is 1. The van der Waals surface area contributed by atoms with Crippen LogP contribution in [0.1, 0.15) is 11.1 Å². The van der Waals surface area contributed by atoms with Gasteiger partial charge in [0.2, 0.25) is 5.91 Å². The molecule has 1 amide bonds. The van der Waals surface area contributed by atoms with Crippen LogP contribution in [0.15, 0.2) is 77.4 Å². The summed E-state index contributed by atoms with van der Waals surface area (Å²) in [7, 11) is 0. The standard InChI is InChI=1S/C26H26N2O3/c29-25(14-21-18-31-24-11-10-20-8-4-5-9-23(20)26(21)24)27-15-22-17-28(12-13-30-22)16-19-6-2-1-3-7-19/h1-11,18,22H,12-17H2,(H,27,29)/p+1/t22-/m1/s1. The molecule has 1 aliphatic rings. The molecular weight excluding hydrogens is 388 g/mol. The molecule has 2 N–H and O–H groups in total. The van der Waals surface area contributed by atoms with Crippen LogP contribution in [0.4, 0.5) is 0 Å². The van der Waals surface area contributed by atoms with Gasteiger partial charge in [0.1, 0.15) is 31.3 Å². The number of carbonyl (C=O) groups is 1. The lowest BCUT2D eigenvalue weighted by Crippen LogP contribution is -3.13. The highest BCUT2D eigenvalue weighted by molar-refractivity contribution is 6.08. The Morgan fingerprint density at radius 3 is 2.77 bits per heavy atom. The molecule has 2 atom stereocenters. The average molecular weight is 416 g/mol. The van der Waals surface area contributed by atoms with Gasteiger partial charge in [-0.15, -0.1) is 0 Å². The second-order valence-corrected chi connectivity index (χ2v) is 8.26. The minimum Gasteiger partial charge on any atom is -0.464 e. The maximum atomic E-state index is 12.7. The Balaban J connectivity index is 1.20. The molecule has 1 aromatic heterocycles. The molecule has 1 aliphatic heterocycles. The van der Waals surface area contributed by atoms with E-state index in [1.165, 1.54) is 10.5 Å². The number of furan rings is 1. The van der Waals surface area contributed by atoms with E-state index in [9.17, 15) is 4.79 Å². The first-order chi connectivity index (χ1) is 15.3. The van der Waals surface area contributed by atoms with Gasteiger partial charge in [-0.2, -0.15) is 0 Å². The van der Waals surface area contributed by atoms with Crippen molar-refractivity contribution in [3.05, 3.63) is 84.1 Å². The largest absolute Gasteiger partial charge is 0.464 e. The van der Waals surface area contributed by atoms with Crippen molar-refractivity contribution in [3.63, 3.8) is 0 Å². The molecule has 3 aromatic carbocycles. The van der Waals surface area contributed by atoms with Crippen LogP contribution in [0.2, 0.25) is 0 Å². The SMILES string of the molecule is O=C(Cc1coc2ccc3ccccc3c12)NC[C@@H]1C[NH+](Cc2ccccc2)CCO1. The summed E-state index contributed by atoms with van der Waals surface area (Å²) in [5.74, 6) is -0.00517. The van der Waals surface area contributed by atoms with Crippen molar-refractivity contribution >= 4 is 27.6 Å². The van der Waals surface area contributed by atoms with Gasteiger partial charge in [-0.25, -0.2) is 0 Å². The lowest BCUT2D eigenvalue weighted by Gasteiger charge is -2.30. The van der Waals surface area contributed by atoms with Crippen LogP contribution in [0.25, 0.3) is 21.7 Å². The lowest BCUT2D eigenvalue weighted by atomic mass is 10.0. The molecule has 5 heteroatoms. The summed E-state index contributed by atoms with van der Waals surface area (Å²) >= 11 is 0. The van der Waals surface area contributed by atoms with Gasteiger partial charge in [0.05, 0.1) is 19.3 Å². The Labute approximate surface area is 181 Å².